The first-order valence-electron chi connectivity index (χ1n) is 12.6. The molecule has 9 heteroatoms. The predicted octanol–water partition coefficient (Wildman–Crippen LogP) is 4.23. The maximum atomic E-state index is 13.9. The molecule has 1 heterocycles. The third kappa shape index (κ3) is 6.08. The fourth-order valence-corrected chi connectivity index (χ4v) is 5.22. The van der Waals surface area contributed by atoms with Gasteiger partial charge < -0.3 is 25.5 Å². The van der Waals surface area contributed by atoms with E-state index in [-0.39, 0.29) is 48.7 Å². The number of carbonyl (C=O) groups excluding carboxylic acids is 2. The van der Waals surface area contributed by atoms with E-state index in [0.717, 1.165) is 11.1 Å². The van der Waals surface area contributed by atoms with Crippen LogP contribution in [0.2, 0.25) is 5.02 Å². The molecule has 3 aromatic carbocycles. The van der Waals surface area contributed by atoms with Crippen LogP contribution in [0.3, 0.4) is 0 Å². The first kappa shape index (κ1) is 28.1. The van der Waals surface area contributed by atoms with Crippen LogP contribution in [-0.2, 0) is 16.8 Å². The van der Waals surface area contributed by atoms with Crippen LogP contribution in [0.25, 0.3) is 0 Å². The van der Waals surface area contributed by atoms with Gasteiger partial charge in [-0.1, -0.05) is 55.8 Å². The van der Waals surface area contributed by atoms with Crippen molar-refractivity contribution in [2.45, 2.75) is 38.3 Å². The first-order chi connectivity index (χ1) is 18.4. The third-order valence-electron chi connectivity index (χ3n) is 7.43. The summed E-state index contributed by atoms with van der Waals surface area (Å²) in [6.07, 6.45) is 0.440. The number of amides is 2. The van der Waals surface area contributed by atoms with Gasteiger partial charge in [-0.15, -0.1) is 0 Å². The Kier molecular flexibility index (Phi) is 7.99. The van der Waals surface area contributed by atoms with Gasteiger partial charge in [0.05, 0.1) is 11.2 Å². The molecule has 0 spiro atoms. The maximum absolute atomic E-state index is 13.9. The average molecular weight is 551 g/mol. The Bertz CT molecular complexity index is 1370. The van der Waals surface area contributed by atoms with Gasteiger partial charge in [-0.2, -0.15) is 0 Å². The summed E-state index contributed by atoms with van der Waals surface area (Å²) in [5.74, 6) is -1.98. The lowest BCUT2D eigenvalue weighted by Gasteiger charge is -2.51. The van der Waals surface area contributed by atoms with E-state index >= 15 is 0 Å². The highest BCUT2D eigenvalue weighted by atomic mass is 35.5. The molecule has 4 rings (SSSR count). The number of carboxylic acids is 1. The summed E-state index contributed by atoms with van der Waals surface area (Å²) in [6, 6.07) is 18.0. The van der Waals surface area contributed by atoms with Crippen molar-refractivity contribution in [2.75, 3.05) is 13.1 Å². The van der Waals surface area contributed by atoms with Gasteiger partial charge in [0.15, 0.2) is 0 Å². The Labute approximate surface area is 231 Å². The number of phenols is 1. The van der Waals surface area contributed by atoms with E-state index in [4.69, 9.17) is 11.6 Å². The lowest BCUT2D eigenvalue weighted by Crippen LogP contribution is -2.60. The van der Waals surface area contributed by atoms with Crippen LogP contribution in [0.5, 0.6) is 5.75 Å². The molecule has 0 radical (unpaired) electrons. The molecule has 1 fully saturated rings. The van der Waals surface area contributed by atoms with Crippen molar-refractivity contribution < 1.29 is 29.7 Å². The molecular formula is C30H31ClN2O6. The number of hydrogen-bond acceptors (Lipinski definition) is 5. The zero-order valence-electron chi connectivity index (χ0n) is 21.7. The minimum Gasteiger partial charge on any atom is -0.508 e. The van der Waals surface area contributed by atoms with Gasteiger partial charge in [0.2, 0.25) is 5.91 Å². The van der Waals surface area contributed by atoms with Gasteiger partial charge in [0.1, 0.15) is 11.8 Å². The maximum Gasteiger partial charge on any atom is 0.335 e. The number of nitrogens with one attached hydrogen (secondary N) is 1. The van der Waals surface area contributed by atoms with Crippen LogP contribution in [0.4, 0.5) is 0 Å². The largest absolute Gasteiger partial charge is 0.508 e. The van der Waals surface area contributed by atoms with Crippen LogP contribution in [0.1, 0.15) is 52.1 Å². The molecule has 0 saturated carbocycles. The van der Waals surface area contributed by atoms with Gasteiger partial charge in [0.25, 0.3) is 5.91 Å². The average Bonchev–Trinajstić information content (AvgIpc) is 2.91. The van der Waals surface area contributed by atoms with Crippen LogP contribution in [0, 0.1) is 5.41 Å². The highest BCUT2D eigenvalue weighted by molar-refractivity contribution is 6.30. The topological polar surface area (TPSA) is 127 Å². The summed E-state index contributed by atoms with van der Waals surface area (Å²) in [4.78, 5) is 40.0. The molecule has 2 atom stereocenters. The van der Waals surface area contributed by atoms with Crippen molar-refractivity contribution in [1.29, 1.82) is 0 Å². The Morgan fingerprint density at radius 1 is 1.00 bits per heavy atom. The Hall–Kier alpha value is -3.88. The number of rotatable bonds is 7. The highest BCUT2D eigenvalue weighted by Crippen LogP contribution is 2.46. The SMILES string of the molecule is CC1(C)CN(C(=O)[C@@H](Cc2ccc(O)cc2)NC(=O)c2cccc(C(=O)O)c2)CC[C@]1(O)c1ccc(Cl)cc1. The number of carbonyl (C=O) groups is 3. The zero-order chi connectivity index (χ0) is 28.4. The van der Waals surface area contributed by atoms with Gasteiger partial charge in [0, 0.05) is 35.5 Å². The van der Waals surface area contributed by atoms with E-state index in [0.29, 0.717) is 5.02 Å². The van der Waals surface area contributed by atoms with E-state index < -0.39 is 28.9 Å². The molecule has 2 amide bonds. The normalized spacial score (nSPS) is 19.2. The lowest BCUT2D eigenvalue weighted by molar-refractivity contribution is -0.154. The fraction of sp³-hybridized carbons (Fsp3) is 0.300. The number of hydrogen-bond donors (Lipinski definition) is 4. The summed E-state index contributed by atoms with van der Waals surface area (Å²) in [5, 5.41) is 34.0. The number of benzene rings is 3. The standard InChI is InChI=1S/C30H31ClN2O6/c1-29(2)18-33(15-14-30(29,39)22-8-10-23(31)11-9-22)27(36)25(16-19-6-12-24(34)13-7-19)32-26(35)20-4-3-5-21(17-20)28(37)38/h3-13,17,25,34,39H,14-16,18H2,1-2H3,(H,32,35)(H,37,38)/t25-,30+/m1/s1. The summed E-state index contributed by atoms with van der Waals surface area (Å²) < 4.78 is 0. The number of aromatic carboxylic acids is 1. The molecule has 3 aromatic rings. The molecule has 0 aliphatic carbocycles. The molecule has 0 aromatic heterocycles. The van der Waals surface area contributed by atoms with Crippen molar-refractivity contribution in [3.05, 3.63) is 100 Å². The quantitative estimate of drug-likeness (QED) is 0.349. The lowest BCUT2D eigenvalue weighted by atomic mass is 9.66. The van der Waals surface area contributed by atoms with E-state index in [1.165, 1.54) is 36.4 Å². The van der Waals surface area contributed by atoms with E-state index in [9.17, 15) is 29.7 Å². The van der Waals surface area contributed by atoms with E-state index in [2.05, 4.69) is 5.32 Å². The molecule has 1 aliphatic heterocycles. The van der Waals surface area contributed by atoms with Crippen LogP contribution >= 0.6 is 11.6 Å². The Morgan fingerprint density at radius 3 is 2.26 bits per heavy atom. The van der Waals surface area contributed by atoms with Crippen LogP contribution < -0.4 is 5.32 Å². The smallest absolute Gasteiger partial charge is 0.335 e. The molecular weight excluding hydrogens is 520 g/mol. The molecule has 4 N–H and O–H groups in total. The predicted molar refractivity (Wildman–Crippen MR) is 147 cm³/mol. The number of nitrogens with zero attached hydrogens (tertiary/aromatic N) is 1. The molecule has 204 valence electrons. The second-order valence-corrected chi connectivity index (χ2v) is 11.0. The molecule has 39 heavy (non-hydrogen) atoms. The summed E-state index contributed by atoms with van der Waals surface area (Å²) >= 11 is 6.04. The van der Waals surface area contributed by atoms with Crippen molar-refractivity contribution in [3.63, 3.8) is 0 Å². The molecule has 0 bridgehead atoms. The Morgan fingerprint density at radius 2 is 1.64 bits per heavy atom. The molecule has 1 aliphatic rings. The number of carboxylic acid groups (broad SMARTS) is 1. The number of aromatic hydroxyl groups is 1. The van der Waals surface area contributed by atoms with Gasteiger partial charge in [-0.05, 0) is 60.0 Å². The van der Waals surface area contributed by atoms with Gasteiger partial charge in [-0.25, -0.2) is 4.79 Å². The molecule has 1 saturated heterocycles. The second kappa shape index (κ2) is 11.1. The fourth-order valence-electron chi connectivity index (χ4n) is 5.09. The molecule has 0 unspecified atom stereocenters. The molecule has 8 nitrogen and oxygen atoms in total. The number of phenolic OH excluding ortho intramolecular Hbond substituents is 1. The minimum atomic E-state index is -1.19. The van der Waals surface area contributed by atoms with Crippen LogP contribution in [0.15, 0.2) is 72.8 Å². The summed E-state index contributed by atoms with van der Waals surface area (Å²) in [6.45, 7) is 4.29. The van der Waals surface area contributed by atoms with Crippen molar-refractivity contribution >= 4 is 29.4 Å². The Balaban J connectivity index is 1.58. The number of piperidine rings is 1. The van der Waals surface area contributed by atoms with Crippen molar-refractivity contribution in [1.82, 2.24) is 10.2 Å². The highest BCUT2D eigenvalue weighted by Gasteiger charge is 2.50. The minimum absolute atomic E-state index is 0.0386. The van der Waals surface area contributed by atoms with Crippen molar-refractivity contribution in [3.8, 4) is 5.75 Å². The zero-order valence-corrected chi connectivity index (χ0v) is 22.5. The van der Waals surface area contributed by atoms with E-state index in [1.54, 1.807) is 41.3 Å². The van der Waals surface area contributed by atoms with Gasteiger partial charge in [-0.3, -0.25) is 9.59 Å². The number of aliphatic hydroxyl groups is 1. The monoisotopic (exact) mass is 550 g/mol. The van der Waals surface area contributed by atoms with Gasteiger partial charge >= 0.3 is 5.97 Å². The van der Waals surface area contributed by atoms with Crippen LogP contribution in [-0.4, -0.2) is 57.1 Å². The van der Waals surface area contributed by atoms with E-state index in [1.807, 2.05) is 13.8 Å². The van der Waals surface area contributed by atoms with Crippen molar-refractivity contribution in [2.24, 2.45) is 5.41 Å². The third-order valence-corrected chi connectivity index (χ3v) is 7.69. The number of likely N-dealkylation sites (tertiary alicyclic amines) is 1. The number of halogens is 1. The first-order valence-corrected chi connectivity index (χ1v) is 13.0. The summed E-state index contributed by atoms with van der Waals surface area (Å²) in [5.41, 5.74) is -0.396. The summed E-state index contributed by atoms with van der Waals surface area (Å²) in [7, 11) is 0. The second-order valence-electron chi connectivity index (χ2n) is 10.5.